The van der Waals surface area contributed by atoms with Crippen LogP contribution in [0.25, 0.3) is 11.1 Å². The zero-order valence-corrected chi connectivity index (χ0v) is 15.1. The number of benzene rings is 1. The molecule has 0 saturated carbocycles. The molecule has 134 valence electrons. The number of nitrogens with zero attached hydrogens (tertiary/aromatic N) is 2. The molecule has 0 bridgehead atoms. The highest BCUT2D eigenvalue weighted by atomic mass is 16.6. The first-order valence-corrected chi connectivity index (χ1v) is 8.46. The van der Waals surface area contributed by atoms with Crippen molar-refractivity contribution in [3.63, 3.8) is 0 Å². The fourth-order valence-corrected chi connectivity index (χ4v) is 2.73. The topological polar surface area (TPSA) is 74.4 Å². The SMILES string of the molecule is CCOC(=O)c1c(-c2ccc([N+](=O)[O-])cc2)cn(CCC(C)C)c1C. The van der Waals surface area contributed by atoms with Crippen molar-refractivity contribution < 1.29 is 14.5 Å². The molecule has 2 rings (SSSR count). The summed E-state index contributed by atoms with van der Waals surface area (Å²) in [4.78, 5) is 22.9. The molecule has 6 nitrogen and oxygen atoms in total. The molecule has 1 aromatic carbocycles. The molecular weight excluding hydrogens is 320 g/mol. The number of carbonyl (C=O) groups excluding carboxylic acids is 1. The first-order chi connectivity index (χ1) is 11.8. The molecule has 2 aromatic rings. The molecule has 6 heteroatoms. The Labute approximate surface area is 147 Å². The zero-order valence-electron chi connectivity index (χ0n) is 15.1. The summed E-state index contributed by atoms with van der Waals surface area (Å²) in [5.74, 6) is 0.187. The molecular formula is C19H24N2O4. The molecule has 0 fully saturated rings. The number of non-ortho nitro benzene ring substituents is 1. The summed E-state index contributed by atoms with van der Waals surface area (Å²) in [6, 6.07) is 6.24. The number of aromatic nitrogens is 1. The Balaban J connectivity index is 2.48. The molecule has 0 unspecified atom stereocenters. The van der Waals surface area contributed by atoms with Crippen LogP contribution in [0.4, 0.5) is 5.69 Å². The van der Waals surface area contributed by atoms with E-state index in [1.54, 1.807) is 19.1 Å². The van der Waals surface area contributed by atoms with Crippen molar-refractivity contribution in [3.05, 3.63) is 51.8 Å². The average Bonchev–Trinajstić information content (AvgIpc) is 2.90. The number of ether oxygens (including phenoxy) is 1. The number of aryl methyl sites for hydroxylation is 1. The molecule has 0 aliphatic heterocycles. The van der Waals surface area contributed by atoms with Crippen molar-refractivity contribution in [1.29, 1.82) is 0 Å². The molecule has 25 heavy (non-hydrogen) atoms. The van der Waals surface area contributed by atoms with Gasteiger partial charge < -0.3 is 9.30 Å². The van der Waals surface area contributed by atoms with Gasteiger partial charge in [0, 0.05) is 36.1 Å². The van der Waals surface area contributed by atoms with E-state index in [0.29, 0.717) is 18.1 Å². The first kappa shape index (κ1) is 18.7. The van der Waals surface area contributed by atoms with Gasteiger partial charge in [0.25, 0.3) is 5.69 Å². The Morgan fingerprint density at radius 3 is 2.44 bits per heavy atom. The lowest BCUT2D eigenvalue weighted by Crippen LogP contribution is -2.09. The highest BCUT2D eigenvalue weighted by Gasteiger charge is 2.22. The fourth-order valence-electron chi connectivity index (χ4n) is 2.73. The minimum absolute atomic E-state index is 0.0254. The lowest BCUT2D eigenvalue weighted by Gasteiger charge is -2.09. The van der Waals surface area contributed by atoms with Crippen LogP contribution in [-0.2, 0) is 11.3 Å². The molecule has 0 spiro atoms. The summed E-state index contributed by atoms with van der Waals surface area (Å²) in [5.41, 5.74) is 2.92. The Morgan fingerprint density at radius 2 is 1.92 bits per heavy atom. The summed E-state index contributed by atoms with van der Waals surface area (Å²) in [5, 5.41) is 10.8. The number of carbonyl (C=O) groups is 1. The van der Waals surface area contributed by atoms with Crippen LogP contribution in [0.5, 0.6) is 0 Å². The zero-order chi connectivity index (χ0) is 18.6. The third kappa shape index (κ3) is 4.26. The van der Waals surface area contributed by atoms with E-state index in [0.717, 1.165) is 29.8 Å². The van der Waals surface area contributed by atoms with Crippen LogP contribution in [0.2, 0.25) is 0 Å². The number of rotatable bonds is 7. The predicted molar refractivity (Wildman–Crippen MR) is 96.7 cm³/mol. The number of hydrogen-bond donors (Lipinski definition) is 0. The van der Waals surface area contributed by atoms with Gasteiger partial charge in [0.2, 0.25) is 0 Å². The molecule has 0 saturated heterocycles. The maximum Gasteiger partial charge on any atom is 0.340 e. The van der Waals surface area contributed by atoms with Crippen molar-refractivity contribution in [1.82, 2.24) is 4.57 Å². The van der Waals surface area contributed by atoms with Gasteiger partial charge in [-0.25, -0.2) is 4.79 Å². The average molecular weight is 344 g/mol. The van der Waals surface area contributed by atoms with E-state index in [2.05, 4.69) is 18.4 Å². The lowest BCUT2D eigenvalue weighted by molar-refractivity contribution is -0.384. The fraction of sp³-hybridized carbons (Fsp3) is 0.421. The summed E-state index contributed by atoms with van der Waals surface area (Å²) >= 11 is 0. The van der Waals surface area contributed by atoms with Crippen LogP contribution in [0.1, 0.15) is 43.2 Å². The monoisotopic (exact) mass is 344 g/mol. The Bertz CT molecular complexity index is 760. The van der Waals surface area contributed by atoms with Gasteiger partial charge in [0.1, 0.15) is 0 Å². The number of nitro groups is 1. The molecule has 0 aliphatic rings. The third-order valence-electron chi connectivity index (χ3n) is 4.16. The van der Waals surface area contributed by atoms with E-state index >= 15 is 0 Å². The second-order valence-corrected chi connectivity index (χ2v) is 6.40. The second kappa shape index (κ2) is 7.96. The van der Waals surface area contributed by atoms with Crippen molar-refractivity contribution in [2.75, 3.05) is 6.61 Å². The number of esters is 1. The summed E-state index contributed by atoms with van der Waals surface area (Å²) in [6.07, 6.45) is 2.93. The Kier molecular flexibility index (Phi) is 5.96. The number of hydrogen-bond acceptors (Lipinski definition) is 4. The van der Waals surface area contributed by atoms with Crippen LogP contribution in [-0.4, -0.2) is 22.1 Å². The third-order valence-corrected chi connectivity index (χ3v) is 4.16. The minimum atomic E-state index is -0.435. The maximum absolute atomic E-state index is 12.4. The van der Waals surface area contributed by atoms with Crippen LogP contribution < -0.4 is 0 Å². The van der Waals surface area contributed by atoms with Gasteiger partial charge in [-0.3, -0.25) is 10.1 Å². The van der Waals surface area contributed by atoms with E-state index in [4.69, 9.17) is 4.74 Å². The first-order valence-electron chi connectivity index (χ1n) is 8.46. The van der Waals surface area contributed by atoms with Crippen LogP contribution in [0, 0.1) is 23.0 Å². The van der Waals surface area contributed by atoms with E-state index in [9.17, 15) is 14.9 Å². The van der Waals surface area contributed by atoms with Crippen LogP contribution >= 0.6 is 0 Å². The van der Waals surface area contributed by atoms with Crippen molar-refractivity contribution in [2.45, 2.75) is 40.7 Å². The standard InChI is InChI=1S/C19H24N2O4/c1-5-25-19(22)18-14(4)20(11-10-13(2)3)12-17(18)15-6-8-16(9-7-15)21(23)24/h6-9,12-13H,5,10-11H2,1-4H3. The molecule has 0 radical (unpaired) electrons. The van der Waals surface area contributed by atoms with E-state index in [1.807, 2.05) is 13.1 Å². The summed E-state index contributed by atoms with van der Waals surface area (Å²) < 4.78 is 7.27. The highest BCUT2D eigenvalue weighted by Crippen LogP contribution is 2.30. The maximum atomic E-state index is 12.4. The van der Waals surface area contributed by atoms with E-state index < -0.39 is 4.92 Å². The quantitative estimate of drug-likeness (QED) is 0.418. The highest BCUT2D eigenvalue weighted by molar-refractivity contribution is 5.98. The largest absolute Gasteiger partial charge is 0.462 e. The van der Waals surface area contributed by atoms with Gasteiger partial charge in [-0.2, -0.15) is 0 Å². The Hall–Kier alpha value is -2.63. The minimum Gasteiger partial charge on any atom is -0.462 e. The lowest BCUT2D eigenvalue weighted by atomic mass is 10.0. The summed E-state index contributed by atoms with van der Waals surface area (Å²) in [7, 11) is 0. The second-order valence-electron chi connectivity index (χ2n) is 6.40. The van der Waals surface area contributed by atoms with E-state index in [-0.39, 0.29) is 11.7 Å². The van der Waals surface area contributed by atoms with Crippen molar-refractivity contribution >= 4 is 11.7 Å². The van der Waals surface area contributed by atoms with Gasteiger partial charge in [-0.05, 0) is 43.9 Å². The van der Waals surface area contributed by atoms with Crippen molar-refractivity contribution in [2.24, 2.45) is 5.92 Å². The molecule has 0 aliphatic carbocycles. The van der Waals surface area contributed by atoms with Gasteiger partial charge in [0.15, 0.2) is 0 Å². The van der Waals surface area contributed by atoms with Crippen LogP contribution in [0.3, 0.4) is 0 Å². The van der Waals surface area contributed by atoms with Gasteiger partial charge in [-0.1, -0.05) is 13.8 Å². The van der Waals surface area contributed by atoms with E-state index in [1.165, 1.54) is 12.1 Å². The normalized spacial score (nSPS) is 10.9. The summed E-state index contributed by atoms with van der Waals surface area (Å²) in [6.45, 7) is 9.10. The molecule has 0 atom stereocenters. The van der Waals surface area contributed by atoms with Gasteiger partial charge in [0.05, 0.1) is 17.1 Å². The molecule has 1 heterocycles. The molecule has 0 N–H and O–H groups in total. The van der Waals surface area contributed by atoms with Crippen molar-refractivity contribution in [3.8, 4) is 11.1 Å². The Morgan fingerprint density at radius 1 is 1.28 bits per heavy atom. The van der Waals surface area contributed by atoms with Gasteiger partial charge in [-0.15, -0.1) is 0 Å². The van der Waals surface area contributed by atoms with Gasteiger partial charge >= 0.3 is 5.97 Å². The molecule has 0 amide bonds. The molecule has 1 aromatic heterocycles. The van der Waals surface area contributed by atoms with Crippen LogP contribution in [0.15, 0.2) is 30.5 Å². The smallest absolute Gasteiger partial charge is 0.340 e. The number of nitro benzene ring substituents is 1. The predicted octanol–water partition coefficient (Wildman–Crippen LogP) is 4.59.